The Kier molecular flexibility index (Phi) is 33.3. The van der Waals surface area contributed by atoms with Crippen molar-refractivity contribution in [2.45, 2.75) is 138 Å². The molecule has 10 heterocycles. The first kappa shape index (κ1) is 93.6. The molecule has 636 valence electrons. The number of carboxylic acids is 1. The monoisotopic (exact) mass is 1750 g/mol. The third-order valence-corrected chi connectivity index (χ3v) is 21.4. The van der Waals surface area contributed by atoms with E-state index in [1.54, 1.807) is 84.6 Å². The van der Waals surface area contributed by atoms with Gasteiger partial charge in [-0.1, -0.05) is 40.2 Å². The summed E-state index contributed by atoms with van der Waals surface area (Å²) >= 11 is 3.39. The molecule has 14 aromatic rings. The number of ether oxygens (including phenoxy) is 2. The van der Waals surface area contributed by atoms with Crippen LogP contribution in [0.5, 0.6) is 0 Å². The number of carboxylic acid groups (broad SMARTS) is 1. The summed E-state index contributed by atoms with van der Waals surface area (Å²) in [6.07, 6.45) is 32.1. The van der Waals surface area contributed by atoms with Crippen molar-refractivity contribution in [1.29, 1.82) is 0 Å². The Morgan fingerprint density at radius 1 is 0.408 bits per heavy atom. The van der Waals surface area contributed by atoms with Crippen LogP contribution in [-0.2, 0) is 48.6 Å². The fourth-order valence-corrected chi connectivity index (χ4v) is 13.8. The van der Waals surface area contributed by atoms with Crippen LogP contribution in [0.3, 0.4) is 0 Å². The summed E-state index contributed by atoms with van der Waals surface area (Å²) in [4.78, 5) is 83.1. The first-order chi connectivity index (χ1) is 59.5. The summed E-state index contributed by atoms with van der Waals surface area (Å²) < 4.78 is 18.2. The standard InChI is InChI=1S/C27H27N5O.C21H21N3O2.C20H19N3O2.C14H12BrNO2.C7H11BN2O2.C6H9N3.Na.H2O/c1-18-3-7-25(30-14-18)21-11-22(26-9-10-31-32(26)17-20-4-5-20)13-23(12-21)27(33)8-6-24-16-28-19(2)15-29-24;1-14-3-6-19(22-12-14)16-9-17(11-18(10-16)21(25)26-2)20-7-8-23-24(20)13-15-4-5-15;1-13-2-5-18(21-11-13)15-8-16(10-17(9-15)20(24)25)19-6-7-22-23(19)12-14-3-4-14;1-9-3-4-13(16-8-9)10-5-11(14(17)18-2)7-12(15)6-10;11-8(12)7-3-4-9-10(7)5-6-1-2-6;1-5-3-9-6(2-7)4-8-5;;/h3,7,9-16,20H,4-6,8,17H2,1-2H3;3,6-12,15H,4-5,13H2,1-2H3;2,5-11,14H,3-4,12H2,1H3,(H,24,25);3-8H,1-2H3;3-4,6,11-12H,1-2,5H2;3-4H,2,7H2,1H3;;1H2/q;;;;;;+1;/p-1. The quantitative estimate of drug-likeness (QED) is 0.0248. The van der Waals surface area contributed by atoms with Gasteiger partial charge in [-0.25, -0.2) is 14.4 Å². The number of halogens is 1. The Hall–Kier alpha value is -12.1. The zero-order chi connectivity index (χ0) is 86.6. The van der Waals surface area contributed by atoms with E-state index in [1.165, 1.54) is 65.6 Å². The Labute approximate surface area is 757 Å². The SMILES string of the molecule is COC(=O)c1cc(-c2ccc(C)cn2)cc(-c2ccnn2CC2CC2)c1.COC(=O)c1cc(Br)cc(-c2ccc(C)cn2)c1.Cc1ccc(-c2cc(C(=O)CCc3cnc(C)cn3)cc(-c3ccnn3CC3CC3)c2)nc1.Cc1ccc(-c2cc(C(=O)O)cc(-c3ccnn3CC3CC3)c2)nc1.Cc1cnc(CN)cn1.OB(O)c1ccnn1CC1CC1.[Na+].[OH-]. The minimum atomic E-state index is -1.40. The minimum absolute atomic E-state index is 0. The summed E-state index contributed by atoms with van der Waals surface area (Å²) in [5.74, 6) is 1.25. The average Bonchev–Trinajstić information content (AvgIpc) is 1.77. The average molecular weight is 1750 g/mol. The molecule has 4 aliphatic rings. The number of aromatic nitrogens is 16. The molecule has 4 fully saturated rings. The predicted octanol–water partition coefficient (Wildman–Crippen LogP) is 13.0. The molecule has 6 N–H and O–H groups in total. The molecule has 10 aromatic heterocycles. The Morgan fingerprint density at radius 3 is 1.10 bits per heavy atom. The fourth-order valence-electron chi connectivity index (χ4n) is 13.3. The van der Waals surface area contributed by atoms with Crippen molar-refractivity contribution < 1.29 is 78.8 Å². The Bertz CT molecular complexity index is 5940. The number of aryl methyl sites for hydroxylation is 7. The van der Waals surface area contributed by atoms with Crippen molar-refractivity contribution >= 4 is 52.3 Å². The van der Waals surface area contributed by atoms with Crippen molar-refractivity contribution in [1.82, 2.24) is 79.0 Å². The van der Waals surface area contributed by atoms with Crippen molar-refractivity contribution in [3.63, 3.8) is 0 Å². The molecule has 0 atom stereocenters. The van der Waals surface area contributed by atoms with Crippen LogP contribution in [0, 0.1) is 65.2 Å². The summed E-state index contributed by atoms with van der Waals surface area (Å²) in [5.41, 5.74) is 28.1. The maximum Gasteiger partial charge on any atom is 1.00 e. The third kappa shape index (κ3) is 27.2. The van der Waals surface area contributed by atoms with Gasteiger partial charge in [0.05, 0.1) is 99.1 Å². The number of hydrogen-bond donors (Lipinski definition) is 4. The molecule has 4 aromatic carbocycles. The van der Waals surface area contributed by atoms with Crippen LogP contribution in [0.25, 0.3) is 78.8 Å². The topological polar surface area (TPSA) is 378 Å². The number of rotatable bonds is 24. The molecule has 4 aliphatic carbocycles. The van der Waals surface area contributed by atoms with E-state index < -0.39 is 13.1 Å². The molecule has 0 spiro atoms. The molecule has 27 nitrogen and oxygen atoms in total. The van der Waals surface area contributed by atoms with Gasteiger partial charge < -0.3 is 35.8 Å². The molecule has 0 bridgehead atoms. The molecule has 4 saturated carbocycles. The Balaban J connectivity index is 0.000000151. The molecule has 0 unspecified atom stereocenters. The maximum atomic E-state index is 13.2. The van der Waals surface area contributed by atoms with Crippen molar-refractivity contribution in [3.8, 4) is 78.8 Å². The molecule has 125 heavy (non-hydrogen) atoms. The maximum absolute atomic E-state index is 13.2. The number of benzene rings is 4. The second-order valence-electron chi connectivity index (χ2n) is 31.5. The third-order valence-electron chi connectivity index (χ3n) is 21.0. The number of nitrogens with two attached hydrogens (primary N) is 1. The fraction of sp³-hybridized carbons (Fsp3) is 0.284. The van der Waals surface area contributed by atoms with Crippen molar-refractivity contribution in [3.05, 3.63) is 292 Å². The van der Waals surface area contributed by atoms with E-state index in [-0.39, 0.29) is 58.3 Å². The van der Waals surface area contributed by atoms with Crippen LogP contribution in [0.2, 0.25) is 0 Å². The van der Waals surface area contributed by atoms with E-state index in [0.29, 0.717) is 59.4 Å². The van der Waals surface area contributed by atoms with Gasteiger partial charge in [0.2, 0.25) is 0 Å². The number of Topliss-reactive ketones (excluding diaryl/α,β-unsaturated/α-hetero) is 1. The van der Waals surface area contributed by atoms with E-state index in [2.05, 4.69) is 93.0 Å². The smallest absolute Gasteiger partial charge is 0.870 e. The second-order valence-corrected chi connectivity index (χ2v) is 32.4. The largest absolute Gasteiger partial charge is 1.00 e. The number of pyridine rings is 4. The van der Waals surface area contributed by atoms with Crippen LogP contribution in [0.1, 0.15) is 144 Å². The van der Waals surface area contributed by atoms with Gasteiger partial charge in [0, 0.05) is 162 Å². The van der Waals surface area contributed by atoms with Crippen LogP contribution < -0.4 is 40.9 Å². The Morgan fingerprint density at radius 2 is 0.744 bits per heavy atom. The van der Waals surface area contributed by atoms with E-state index in [1.807, 2.05) is 179 Å². The summed E-state index contributed by atoms with van der Waals surface area (Å²) in [5, 5.41) is 44.8. The molecule has 30 heteroatoms. The minimum Gasteiger partial charge on any atom is -0.870 e. The van der Waals surface area contributed by atoms with Crippen LogP contribution >= 0.6 is 15.9 Å². The number of aromatic carboxylic acids is 1. The molecular weight excluding hydrogens is 1650 g/mol. The molecular formula is C95H100BBrN17NaO10. The normalized spacial score (nSPS) is 12.8. The summed E-state index contributed by atoms with van der Waals surface area (Å²) in [6, 6.07) is 46.0. The number of carbonyl (C=O) groups is 4. The van der Waals surface area contributed by atoms with Gasteiger partial charge in [-0.3, -0.25) is 63.4 Å². The number of hydrogen-bond acceptors (Lipinski definition) is 22. The zero-order valence-corrected chi connectivity index (χ0v) is 75.2. The van der Waals surface area contributed by atoms with Gasteiger partial charge in [0.25, 0.3) is 0 Å². The molecule has 0 radical (unpaired) electrons. The van der Waals surface area contributed by atoms with Crippen LogP contribution in [0.15, 0.2) is 224 Å². The first-order valence-electron chi connectivity index (χ1n) is 41.1. The number of nitrogens with zero attached hydrogens (tertiary/aromatic N) is 16. The second kappa shape index (κ2) is 44.5. The van der Waals surface area contributed by atoms with Gasteiger partial charge in [0.1, 0.15) is 0 Å². The predicted molar refractivity (Wildman–Crippen MR) is 478 cm³/mol. The van der Waals surface area contributed by atoms with Gasteiger partial charge in [0.15, 0.2) is 5.78 Å². The van der Waals surface area contributed by atoms with Gasteiger partial charge in [-0.2, -0.15) is 20.4 Å². The first-order valence-corrected chi connectivity index (χ1v) is 41.9. The number of ketones is 1. The summed E-state index contributed by atoms with van der Waals surface area (Å²) in [6.45, 7) is 15.8. The van der Waals surface area contributed by atoms with Crippen LogP contribution in [-0.4, -0.2) is 145 Å². The van der Waals surface area contributed by atoms with E-state index in [9.17, 15) is 24.3 Å². The number of esters is 2. The van der Waals surface area contributed by atoms with Crippen molar-refractivity contribution in [2.75, 3.05) is 14.2 Å². The molecule has 0 saturated heterocycles. The van der Waals surface area contributed by atoms with Crippen molar-refractivity contribution in [2.24, 2.45) is 29.4 Å². The molecule has 0 amide bonds. The van der Waals surface area contributed by atoms with E-state index >= 15 is 0 Å². The van der Waals surface area contributed by atoms with Gasteiger partial charge >= 0.3 is 54.6 Å². The molecule has 18 rings (SSSR count). The van der Waals surface area contributed by atoms with E-state index in [0.717, 1.165) is 160 Å². The van der Waals surface area contributed by atoms with E-state index in [4.69, 9.17) is 25.3 Å². The number of methoxy groups -OCH3 is 2. The van der Waals surface area contributed by atoms with Gasteiger partial charge in [-0.15, -0.1) is 0 Å². The van der Waals surface area contributed by atoms with Gasteiger partial charge in [-0.05, 0) is 267 Å². The zero-order valence-electron chi connectivity index (χ0n) is 71.6. The van der Waals surface area contributed by atoms with Crippen LogP contribution in [0.4, 0.5) is 0 Å². The summed E-state index contributed by atoms with van der Waals surface area (Å²) in [7, 11) is 1.37. The number of carbonyl (C=O) groups excluding carboxylic acids is 3. The molecule has 0 aliphatic heterocycles.